The minimum absolute atomic E-state index is 0.249. The Labute approximate surface area is 138 Å². The number of hydrogen-bond acceptors (Lipinski definition) is 5. The maximum absolute atomic E-state index is 12.5. The lowest BCUT2D eigenvalue weighted by molar-refractivity contribution is 0.102. The van der Waals surface area contributed by atoms with Crippen LogP contribution in [-0.2, 0) is 0 Å². The van der Waals surface area contributed by atoms with Crippen molar-refractivity contribution in [3.05, 3.63) is 42.2 Å². The summed E-state index contributed by atoms with van der Waals surface area (Å²) in [5.74, 6) is 1.16. The lowest BCUT2D eigenvalue weighted by atomic mass is 10.1. The van der Waals surface area contributed by atoms with Crippen LogP contribution in [0.15, 0.2) is 36.7 Å². The van der Waals surface area contributed by atoms with E-state index in [4.69, 9.17) is 14.2 Å². The molecule has 1 amide bonds. The molecule has 0 atom stereocenters. The molecule has 3 rings (SSSR count). The van der Waals surface area contributed by atoms with Gasteiger partial charge in [-0.05, 0) is 18.2 Å². The van der Waals surface area contributed by atoms with Gasteiger partial charge in [-0.25, -0.2) is 4.98 Å². The molecular formula is C17H17N3O4. The van der Waals surface area contributed by atoms with Gasteiger partial charge < -0.3 is 24.5 Å². The fraction of sp³-hybridized carbons (Fsp3) is 0.176. The number of carbonyl (C=O) groups is 1. The van der Waals surface area contributed by atoms with Crippen molar-refractivity contribution in [1.82, 2.24) is 9.97 Å². The number of nitrogens with one attached hydrogen (secondary N) is 2. The van der Waals surface area contributed by atoms with Crippen molar-refractivity contribution >= 4 is 22.6 Å². The Morgan fingerprint density at radius 3 is 2.38 bits per heavy atom. The summed E-state index contributed by atoms with van der Waals surface area (Å²) in [6.45, 7) is 0. The fourth-order valence-corrected chi connectivity index (χ4v) is 2.43. The van der Waals surface area contributed by atoms with Gasteiger partial charge in [-0.1, -0.05) is 0 Å². The highest BCUT2D eigenvalue weighted by molar-refractivity contribution is 6.06. The molecule has 0 aliphatic rings. The molecule has 0 spiro atoms. The number of amides is 1. The molecule has 1 aromatic heterocycles. The van der Waals surface area contributed by atoms with Gasteiger partial charge in [0.25, 0.3) is 5.91 Å². The average molecular weight is 327 g/mol. The topological polar surface area (TPSA) is 85.5 Å². The first-order valence-electron chi connectivity index (χ1n) is 7.20. The van der Waals surface area contributed by atoms with Crippen LogP contribution in [0.2, 0.25) is 0 Å². The molecule has 1 heterocycles. The van der Waals surface area contributed by atoms with E-state index in [-0.39, 0.29) is 5.91 Å². The van der Waals surface area contributed by atoms with Crippen LogP contribution in [0.4, 0.5) is 5.69 Å². The first-order valence-corrected chi connectivity index (χ1v) is 7.20. The Balaban J connectivity index is 1.90. The average Bonchev–Trinajstić information content (AvgIpc) is 3.08. The summed E-state index contributed by atoms with van der Waals surface area (Å²) in [6.07, 6.45) is 1.59. The van der Waals surface area contributed by atoms with E-state index in [9.17, 15) is 4.79 Å². The van der Waals surface area contributed by atoms with Gasteiger partial charge in [-0.2, -0.15) is 0 Å². The Morgan fingerprint density at radius 2 is 1.75 bits per heavy atom. The molecule has 0 aliphatic carbocycles. The second-order valence-corrected chi connectivity index (χ2v) is 5.00. The summed E-state index contributed by atoms with van der Waals surface area (Å²) in [5, 5.41) is 2.83. The lowest BCUT2D eigenvalue weighted by Crippen LogP contribution is -2.12. The molecule has 2 N–H and O–H groups in total. The van der Waals surface area contributed by atoms with Gasteiger partial charge in [0, 0.05) is 23.4 Å². The number of methoxy groups -OCH3 is 3. The Kier molecular flexibility index (Phi) is 4.24. The third kappa shape index (κ3) is 2.83. The van der Waals surface area contributed by atoms with Crippen LogP contribution in [0, 0.1) is 0 Å². The predicted molar refractivity (Wildman–Crippen MR) is 90.1 cm³/mol. The summed E-state index contributed by atoms with van der Waals surface area (Å²) in [4.78, 5) is 19.6. The lowest BCUT2D eigenvalue weighted by Gasteiger charge is -2.14. The highest BCUT2D eigenvalue weighted by atomic mass is 16.5. The second kappa shape index (κ2) is 6.49. The van der Waals surface area contributed by atoms with Crippen LogP contribution in [0.3, 0.4) is 0 Å². The van der Waals surface area contributed by atoms with E-state index in [0.29, 0.717) is 28.5 Å². The molecule has 7 nitrogen and oxygen atoms in total. The van der Waals surface area contributed by atoms with Gasteiger partial charge in [0.05, 0.1) is 38.7 Å². The Bertz CT molecular complexity index is 863. The van der Waals surface area contributed by atoms with Gasteiger partial charge in [-0.15, -0.1) is 0 Å². The number of H-pyrrole nitrogens is 1. The molecule has 0 saturated carbocycles. The summed E-state index contributed by atoms with van der Waals surface area (Å²) >= 11 is 0. The number of benzene rings is 2. The smallest absolute Gasteiger partial charge is 0.255 e. The van der Waals surface area contributed by atoms with Crippen molar-refractivity contribution in [2.24, 2.45) is 0 Å². The number of anilines is 1. The molecule has 124 valence electrons. The molecule has 0 radical (unpaired) electrons. The maximum atomic E-state index is 12.5. The van der Waals surface area contributed by atoms with Crippen molar-refractivity contribution in [2.75, 3.05) is 26.6 Å². The number of fused-ring (bicyclic) bond motifs is 1. The van der Waals surface area contributed by atoms with Crippen molar-refractivity contribution in [2.45, 2.75) is 0 Å². The number of aromatic amines is 1. The largest absolute Gasteiger partial charge is 0.493 e. The molecule has 2 aromatic carbocycles. The Morgan fingerprint density at radius 1 is 1.04 bits per heavy atom. The van der Waals surface area contributed by atoms with Gasteiger partial charge in [0.2, 0.25) is 5.75 Å². The first kappa shape index (κ1) is 15.7. The summed E-state index contributed by atoms with van der Waals surface area (Å²) in [6, 6.07) is 8.60. The fourth-order valence-electron chi connectivity index (χ4n) is 2.43. The van der Waals surface area contributed by atoms with Crippen LogP contribution < -0.4 is 19.5 Å². The zero-order chi connectivity index (χ0) is 17.1. The second-order valence-electron chi connectivity index (χ2n) is 5.00. The van der Waals surface area contributed by atoms with Gasteiger partial charge in [0.15, 0.2) is 11.5 Å². The van der Waals surface area contributed by atoms with Crippen LogP contribution in [0.5, 0.6) is 17.2 Å². The summed E-state index contributed by atoms with van der Waals surface area (Å²) in [7, 11) is 4.57. The van der Waals surface area contributed by atoms with Crippen molar-refractivity contribution in [1.29, 1.82) is 0 Å². The zero-order valence-electron chi connectivity index (χ0n) is 13.5. The van der Waals surface area contributed by atoms with E-state index < -0.39 is 0 Å². The van der Waals surface area contributed by atoms with Crippen LogP contribution >= 0.6 is 0 Å². The van der Waals surface area contributed by atoms with Gasteiger partial charge >= 0.3 is 0 Å². The number of imidazole rings is 1. The van der Waals surface area contributed by atoms with Crippen LogP contribution in [0.1, 0.15) is 10.4 Å². The SMILES string of the molecule is COc1cc(NC(=O)c2ccc3nc[nH]c3c2)cc(OC)c1OC. The minimum Gasteiger partial charge on any atom is -0.493 e. The Hall–Kier alpha value is -3.22. The molecule has 0 aliphatic heterocycles. The standard InChI is InChI=1S/C17H17N3O4/c1-22-14-7-11(8-15(23-2)16(14)24-3)20-17(21)10-4-5-12-13(6-10)19-9-18-12/h4-9H,1-3H3,(H,18,19)(H,20,21). The van der Waals surface area contributed by atoms with Crippen molar-refractivity contribution < 1.29 is 19.0 Å². The van der Waals surface area contributed by atoms with Crippen molar-refractivity contribution in [3.63, 3.8) is 0 Å². The summed E-state index contributed by atoms with van der Waals surface area (Å²) in [5.41, 5.74) is 2.66. The van der Waals surface area contributed by atoms with Crippen LogP contribution in [-0.4, -0.2) is 37.2 Å². The zero-order valence-corrected chi connectivity index (χ0v) is 13.5. The van der Waals surface area contributed by atoms with E-state index in [1.807, 2.05) is 0 Å². The third-order valence-electron chi connectivity index (χ3n) is 3.61. The normalized spacial score (nSPS) is 10.5. The number of nitrogens with zero attached hydrogens (tertiary/aromatic N) is 1. The van der Waals surface area contributed by atoms with E-state index in [1.165, 1.54) is 21.3 Å². The van der Waals surface area contributed by atoms with E-state index in [0.717, 1.165) is 11.0 Å². The molecular weight excluding hydrogens is 310 g/mol. The quantitative estimate of drug-likeness (QED) is 0.752. The molecule has 7 heteroatoms. The molecule has 0 unspecified atom stereocenters. The highest BCUT2D eigenvalue weighted by Crippen LogP contribution is 2.40. The molecule has 0 saturated heterocycles. The van der Waals surface area contributed by atoms with Crippen molar-refractivity contribution in [3.8, 4) is 17.2 Å². The number of ether oxygens (including phenoxy) is 3. The molecule has 24 heavy (non-hydrogen) atoms. The number of rotatable bonds is 5. The molecule has 3 aromatic rings. The van der Waals surface area contributed by atoms with E-state index in [1.54, 1.807) is 36.7 Å². The highest BCUT2D eigenvalue weighted by Gasteiger charge is 2.15. The number of carbonyl (C=O) groups excluding carboxylic acids is 1. The monoisotopic (exact) mass is 327 g/mol. The maximum Gasteiger partial charge on any atom is 0.255 e. The van der Waals surface area contributed by atoms with E-state index >= 15 is 0 Å². The van der Waals surface area contributed by atoms with Crippen LogP contribution in [0.25, 0.3) is 11.0 Å². The van der Waals surface area contributed by atoms with Gasteiger partial charge in [-0.3, -0.25) is 4.79 Å². The van der Waals surface area contributed by atoms with E-state index in [2.05, 4.69) is 15.3 Å². The number of aromatic nitrogens is 2. The summed E-state index contributed by atoms with van der Waals surface area (Å²) < 4.78 is 15.8. The molecule has 0 fully saturated rings. The number of hydrogen-bond donors (Lipinski definition) is 2. The van der Waals surface area contributed by atoms with Gasteiger partial charge in [0.1, 0.15) is 0 Å². The minimum atomic E-state index is -0.249. The first-order chi connectivity index (χ1) is 11.7. The predicted octanol–water partition coefficient (Wildman–Crippen LogP) is 2.84. The third-order valence-corrected chi connectivity index (χ3v) is 3.61. The molecule has 0 bridgehead atoms.